The predicted molar refractivity (Wildman–Crippen MR) is 84.2 cm³/mol. The van der Waals surface area contributed by atoms with Crippen molar-refractivity contribution in [3.8, 4) is 5.75 Å². The van der Waals surface area contributed by atoms with Crippen molar-refractivity contribution in [2.45, 2.75) is 12.5 Å². The van der Waals surface area contributed by atoms with Gasteiger partial charge in [0.2, 0.25) is 0 Å². The first-order valence-corrected chi connectivity index (χ1v) is 7.57. The van der Waals surface area contributed by atoms with E-state index in [1.165, 1.54) is 25.6 Å². The second-order valence-electron chi connectivity index (χ2n) is 4.52. The number of ether oxygens (including phenoxy) is 2. The molecule has 0 saturated heterocycles. The van der Waals surface area contributed by atoms with Crippen molar-refractivity contribution in [2.24, 2.45) is 0 Å². The molecule has 1 aromatic carbocycles. The van der Waals surface area contributed by atoms with Gasteiger partial charge >= 0.3 is 5.97 Å². The number of carbonyl (C=O) groups excluding carboxylic acids is 2. The highest BCUT2D eigenvalue weighted by atomic mass is 32.1. The molecular formula is C16H17NO4S. The zero-order valence-corrected chi connectivity index (χ0v) is 13.2. The van der Waals surface area contributed by atoms with Crippen LogP contribution in [0, 0.1) is 0 Å². The maximum Gasteiger partial charge on any atom is 0.307 e. The van der Waals surface area contributed by atoms with Gasteiger partial charge in [-0.1, -0.05) is 18.2 Å². The molecule has 1 aromatic heterocycles. The summed E-state index contributed by atoms with van der Waals surface area (Å²) in [6.07, 6.45) is 0.0813. The molecule has 0 spiro atoms. The molecule has 0 fully saturated rings. The molecule has 1 unspecified atom stereocenters. The van der Waals surface area contributed by atoms with Crippen LogP contribution in [0.15, 0.2) is 41.8 Å². The molecule has 116 valence electrons. The average molecular weight is 319 g/mol. The monoisotopic (exact) mass is 319 g/mol. The van der Waals surface area contributed by atoms with Gasteiger partial charge in [-0.3, -0.25) is 9.59 Å². The van der Waals surface area contributed by atoms with Crippen molar-refractivity contribution in [1.82, 2.24) is 5.32 Å². The van der Waals surface area contributed by atoms with Crippen molar-refractivity contribution >= 4 is 23.2 Å². The van der Waals surface area contributed by atoms with Gasteiger partial charge in [-0.15, -0.1) is 11.3 Å². The van der Waals surface area contributed by atoms with Crippen LogP contribution in [0.4, 0.5) is 0 Å². The Labute approximate surface area is 132 Å². The number of esters is 1. The van der Waals surface area contributed by atoms with E-state index in [0.29, 0.717) is 11.3 Å². The van der Waals surface area contributed by atoms with E-state index in [2.05, 4.69) is 5.32 Å². The Bertz CT molecular complexity index is 639. The lowest BCUT2D eigenvalue weighted by Gasteiger charge is -2.17. The maximum atomic E-state index is 12.5. The number of methoxy groups -OCH3 is 2. The number of rotatable bonds is 6. The smallest absolute Gasteiger partial charge is 0.307 e. The van der Waals surface area contributed by atoms with Gasteiger partial charge in [-0.05, 0) is 23.6 Å². The summed E-state index contributed by atoms with van der Waals surface area (Å²) >= 11 is 1.48. The molecule has 1 atom stereocenters. The first-order valence-electron chi connectivity index (χ1n) is 6.69. The first kappa shape index (κ1) is 16.0. The van der Waals surface area contributed by atoms with Crippen LogP contribution in [-0.2, 0) is 9.53 Å². The van der Waals surface area contributed by atoms with Crippen molar-refractivity contribution in [3.05, 3.63) is 52.2 Å². The van der Waals surface area contributed by atoms with Gasteiger partial charge in [-0.2, -0.15) is 0 Å². The fourth-order valence-corrected chi connectivity index (χ4v) is 2.81. The molecule has 6 heteroatoms. The lowest BCUT2D eigenvalue weighted by molar-refractivity contribution is -0.141. The summed E-state index contributed by atoms with van der Waals surface area (Å²) in [5, 5.41) is 4.76. The minimum Gasteiger partial charge on any atom is -0.496 e. The summed E-state index contributed by atoms with van der Waals surface area (Å²) in [4.78, 5) is 24.9. The van der Waals surface area contributed by atoms with Crippen LogP contribution in [0.2, 0.25) is 0 Å². The number of benzene rings is 1. The van der Waals surface area contributed by atoms with Gasteiger partial charge in [0.25, 0.3) is 5.91 Å². The highest BCUT2D eigenvalue weighted by molar-refractivity contribution is 7.10. The molecule has 5 nitrogen and oxygen atoms in total. The largest absolute Gasteiger partial charge is 0.496 e. The molecule has 1 heterocycles. The van der Waals surface area contributed by atoms with Crippen LogP contribution in [0.25, 0.3) is 0 Å². The lowest BCUT2D eigenvalue weighted by atomic mass is 10.1. The van der Waals surface area contributed by atoms with E-state index in [1.807, 2.05) is 17.5 Å². The van der Waals surface area contributed by atoms with E-state index in [9.17, 15) is 9.59 Å². The van der Waals surface area contributed by atoms with Crippen LogP contribution in [0.1, 0.15) is 27.7 Å². The Hall–Kier alpha value is -2.34. The fraction of sp³-hybridized carbons (Fsp3) is 0.250. The number of nitrogens with one attached hydrogen (secondary N) is 1. The molecule has 0 saturated carbocycles. The Morgan fingerprint density at radius 3 is 2.59 bits per heavy atom. The Balaban J connectivity index is 2.19. The number of para-hydroxylation sites is 1. The molecule has 1 N–H and O–H groups in total. The van der Waals surface area contributed by atoms with Crippen LogP contribution in [-0.4, -0.2) is 26.1 Å². The molecule has 2 aromatic rings. The highest BCUT2D eigenvalue weighted by Gasteiger charge is 2.21. The summed E-state index contributed by atoms with van der Waals surface area (Å²) in [7, 11) is 2.84. The summed E-state index contributed by atoms with van der Waals surface area (Å²) in [5.74, 6) is -0.179. The molecule has 1 amide bonds. The van der Waals surface area contributed by atoms with Gasteiger partial charge in [0, 0.05) is 4.88 Å². The molecule has 0 bridgehead atoms. The predicted octanol–water partition coefficient (Wildman–Crippen LogP) is 2.79. The fourth-order valence-electron chi connectivity index (χ4n) is 2.03. The standard InChI is InChI=1S/C16H17NO4S/c1-20-13-7-4-3-6-11(13)16(19)17-12(10-15(18)21-2)14-8-5-9-22-14/h3-9,12H,10H2,1-2H3,(H,17,19). The summed E-state index contributed by atoms with van der Waals surface area (Å²) in [6.45, 7) is 0. The third kappa shape index (κ3) is 3.85. The zero-order chi connectivity index (χ0) is 15.9. The summed E-state index contributed by atoms with van der Waals surface area (Å²) in [6, 6.07) is 10.3. The van der Waals surface area contributed by atoms with Crippen molar-refractivity contribution in [1.29, 1.82) is 0 Å². The van der Waals surface area contributed by atoms with Gasteiger partial charge in [0.05, 0.1) is 32.2 Å². The topological polar surface area (TPSA) is 64.6 Å². The highest BCUT2D eigenvalue weighted by Crippen LogP contribution is 2.24. The van der Waals surface area contributed by atoms with E-state index in [1.54, 1.807) is 24.3 Å². The molecule has 0 radical (unpaired) electrons. The first-order chi connectivity index (χ1) is 10.7. The average Bonchev–Trinajstić information content (AvgIpc) is 3.08. The number of thiophene rings is 1. The molecule has 0 aliphatic carbocycles. The minimum atomic E-state index is -0.426. The number of hydrogen-bond donors (Lipinski definition) is 1. The van der Waals surface area contributed by atoms with E-state index in [4.69, 9.17) is 9.47 Å². The number of hydrogen-bond acceptors (Lipinski definition) is 5. The minimum absolute atomic E-state index is 0.0813. The third-order valence-electron chi connectivity index (χ3n) is 3.14. The zero-order valence-electron chi connectivity index (χ0n) is 12.4. The van der Waals surface area contributed by atoms with E-state index in [-0.39, 0.29) is 18.3 Å². The lowest BCUT2D eigenvalue weighted by Crippen LogP contribution is -2.30. The second kappa shape index (κ2) is 7.61. The van der Waals surface area contributed by atoms with Gasteiger partial charge in [-0.25, -0.2) is 0 Å². The SMILES string of the molecule is COC(=O)CC(NC(=O)c1ccccc1OC)c1cccs1. The summed E-state index contributed by atoms with van der Waals surface area (Å²) in [5.41, 5.74) is 0.427. The Kier molecular flexibility index (Phi) is 5.55. The van der Waals surface area contributed by atoms with Crippen LogP contribution in [0.3, 0.4) is 0 Å². The number of amides is 1. The maximum absolute atomic E-state index is 12.5. The van der Waals surface area contributed by atoms with Crippen molar-refractivity contribution < 1.29 is 19.1 Å². The van der Waals surface area contributed by atoms with Crippen molar-refractivity contribution in [2.75, 3.05) is 14.2 Å². The molecule has 22 heavy (non-hydrogen) atoms. The Morgan fingerprint density at radius 2 is 1.95 bits per heavy atom. The molecule has 0 aliphatic rings. The third-order valence-corrected chi connectivity index (χ3v) is 4.13. The van der Waals surface area contributed by atoms with Gasteiger partial charge in [0.15, 0.2) is 0 Å². The van der Waals surface area contributed by atoms with Crippen LogP contribution < -0.4 is 10.1 Å². The second-order valence-corrected chi connectivity index (χ2v) is 5.50. The number of carbonyl (C=O) groups is 2. The van der Waals surface area contributed by atoms with Gasteiger partial charge in [0.1, 0.15) is 5.75 Å². The van der Waals surface area contributed by atoms with E-state index >= 15 is 0 Å². The van der Waals surface area contributed by atoms with Gasteiger partial charge < -0.3 is 14.8 Å². The van der Waals surface area contributed by atoms with Crippen molar-refractivity contribution in [3.63, 3.8) is 0 Å². The van der Waals surface area contributed by atoms with E-state index in [0.717, 1.165) is 4.88 Å². The quantitative estimate of drug-likeness (QED) is 0.832. The molecule has 2 rings (SSSR count). The van der Waals surface area contributed by atoms with E-state index < -0.39 is 6.04 Å². The van der Waals surface area contributed by atoms with Crippen LogP contribution >= 0.6 is 11.3 Å². The Morgan fingerprint density at radius 1 is 1.18 bits per heavy atom. The molecular weight excluding hydrogens is 302 g/mol. The van der Waals surface area contributed by atoms with Crippen LogP contribution in [0.5, 0.6) is 5.75 Å². The summed E-state index contributed by atoms with van der Waals surface area (Å²) < 4.78 is 9.89. The molecule has 0 aliphatic heterocycles. The normalized spacial score (nSPS) is 11.5.